The van der Waals surface area contributed by atoms with Crippen LogP contribution < -0.4 is 5.32 Å². The normalized spacial score (nSPS) is 30.2. The predicted octanol–water partition coefficient (Wildman–Crippen LogP) is 6.38. The van der Waals surface area contributed by atoms with Crippen molar-refractivity contribution >= 4 is 5.91 Å². The summed E-state index contributed by atoms with van der Waals surface area (Å²) in [6.45, 7) is 1.70. The Bertz CT molecular complexity index is 1450. The lowest BCUT2D eigenvalue weighted by molar-refractivity contribution is -0.379. The van der Waals surface area contributed by atoms with Gasteiger partial charge in [-0.2, -0.15) is 0 Å². The first-order valence-corrected chi connectivity index (χ1v) is 31.8. The van der Waals surface area contributed by atoms with Crippen LogP contribution >= 0.6 is 0 Å². The van der Waals surface area contributed by atoms with Crippen molar-refractivity contribution in [2.24, 2.45) is 0 Å². The van der Waals surface area contributed by atoms with E-state index in [1.165, 1.54) is 161 Å². The maximum Gasteiger partial charge on any atom is 0.220 e. The van der Waals surface area contributed by atoms with Gasteiger partial charge in [0.15, 0.2) is 18.9 Å². The standard InChI is InChI=1S/C60H115NO18/c1-3-5-7-9-10-11-12-13-14-15-16-17-18-19-20-21-22-23-24-25-26-27-28-29-30-31-32-34-36-38-48(66)61-43(44(65)37-35-33-8-6-4-2)42-74-58-54(72)51(69)56(46(40-63)76-58)79-60-55(73)52(70)57(47(41-64)77-60)78-59-53(71)50(68)49(67)45(39-62)75-59/h43-47,49-60,62-65,67-73H,3-42H2,1-2H3,(H,61,66). The third kappa shape index (κ3) is 28.0. The highest BCUT2D eigenvalue weighted by molar-refractivity contribution is 5.76. The smallest absolute Gasteiger partial charge is 0.220 e. The molecule has 3 rings (SSSR count). The SMILES string of the molecule is CCCCCCCCCCCCCCCCCCCCCCCCCCCCCCCC(=O)NC(COC1OC(CO)C(OC2OC(CO)C(OC3OC(CO)C(O)C(O)C3O)C(O)C2O)C(O)C1O)C(O)CCCCCCC. The van der Waals surface area contributed by atoms with Gasteiger partial charge < -0.3 is 89.9 Å². The number of nitrogens with one attached hydrogen (secondary N) is 1. The molecule has 3 fully saturated rings. The average Bonchev–Trinajstić information content (AvgIpc) is 3.48. The van der Waals surface area contributed by atoms with Gasteiger partial charge in [0.05, 0.1) is 38.6 Å². The highest BCUT2D eigenvalue weighted by Gasteiger charge is 2.53. The molecule has 0 aromatic heterocycles. The molecule has 0 aliphatic carbocycles. The Kier molecular flexibility index (Phi) is 40.4. The molecule has 19 nitrogen and oxygen atoms in total. The van der Waals surface area contributed by atoms with Crippen molar-refractivity contribution in [1.82, 2.24) is 5.32 Å². The monoisotopic (exact) mass is 1140 g/mol. The van der Waals surface area contributed by atoms with Crippen LogP contribution in [0.1, 0.15) is 245 Å². The molecule has 0 bridgehead atoms. The average molecular weight is 1140 g/mol. The van der Waals surface area contributed by atoms with Gasteiger partial charge in [-0.1, -0.05) is 226 Å². The Morgan fingerprint density at radius 3 is 1.10 bits per heavy atom. The third-order valence-corrected chi connectivity index (χ3v) is 16.4. The molecule has 3 aliphatic heterocycles. The fourth-order valence-electron chi connectivity index (χ4n) is 11.2. The van der Waals surface area contributed by atoms with Crippen LogP contribution in [-0.2, 0) is 33.2 Å². The summed E-state index contributed by atoms with van der Waals surface area (Å²) < 4.78 is 34.1. The van der Waals surface area contributed by atoms with Gasteiger partial charge in [0, 0.05) is 6.42 Å². The first-order chi connectivity index (χ1) is 38.3. The first-order valence-electron chi connectivity index (χ1n) is 31.8. The van der Waals surface area contributed by atoms with Crippen LogP contribution in [0, 0.1) is 0 Å². The van der Waals surface area contributed by atoms with E-state index in [-0.39, 0.29) is 18.9 Å². The van der Waals surface area contributed by atoms with Crippen LogP contribution in [0.2, 0.25) is 0 Å². The van der Waals surface area contributed by atoms with E-state index < -0.39 is 124 Å². The summed E-state index contributed by atoms with van der Waals surface area (Å²) in [5.74, 6) is -0.245. The number of ether oxygens (including phenoxy) is 6. The van der Waals surface area contributed by atoms with Crippen molar-refractivity contribution in [3.05, 3.63) is 0 Å². The molecule has 17 unspecified atom stereocenters. The van der Waals surface area contributed by atoms with E-state index in [2.05, 4.69) is 19.2 Å². The highest BCUT2D eigenvalue weighted by Crippen LogP contribution is 2.33. The van der Waals surface area contributed by atoms with Crippen LogP contribution in [0.4, 0.5) is 0 Å². The van der Waals surface area contributed by atoms with Crippen molar-refractivity contribution in [1.29, 1.82) is 0 Å². The Morgan fingerprint density at radius 2 is 0.722 bits per heavy atom. The van der Waals surface area contributed by atoms with Gasteiger partial charge in [0.1, 0.15) is 73.2 Å². The number of aliphatic hydroxyl groups excluding tert-OH is 11. The van der Waals surface area contributed by atoms with E-state index in [4.69, 9.17) is 28.4 Å². The van der Waals surface area contributed by atoms with E-state index in [1.54, 1.807) is 0 Å². The summed E-state index contributed by atoms with van der Waals surface area (Å²) in [4.78, 5) is 13.2. The van der Waals surface area contributed by atoms with Gasteiger partial charge in [0.2, 0.25) is 5.91 Å². The highest BCUT2D eigenvalue weighted by atomic mass is 16.8. The van der Waals surface area contributed by atoms with E-state index in [0.717, 1.165) is 51.4 Å². The van der Waals surface area contributed by atoms with E-state index in [1.807, 2.05) is 0 Å². The quantitative estimate of drug-likeness (QED) is 0.0294. The molecular formula is C60H115NO18. The first kappa shape index (κ1) is 72.1. The topological polar surface area (TPSA) is 307 Å². The van der Waals surface area contributed by atoms with Crippen LogP contribution in [0.3, 0.4) is 0 Å². The molecule has 3 saturated heterocycles. The molecule has 468 valence electrons. The number of hydrogen-bond donors (Lipinski definition) is 12. The van der Waals surface area contributed by atoms with Crippen LogP contribution in [-0.4, -0.2) is 193 Å². The molecule has 3 heterocycles. The number of amides is 1. The second-order valence-corrected chi connectivity index (χ2v) is 23.2. The molecule has 0 saturated carbocycles. The lowest BCUT2D eigenvalue weighted by Gasteiger charge is -2.48. The number of carbonyl (C=O) groups is 1. The summed E-state index contributed by atoms with van der Waals surface area (Å²) in [5, 5.41) is 120. The van der Waals surface area contributed by atoms with Crippen molar-refractivity contribution in [3.8, 4) is 0 Å². The van der Waals surface area contributed by atoms with Gasteiger partial charge in [-0.15, -0.1) is 0 Å². The number of rotatable bonds is 48. The van der Waals surface area contributed by atoms with E-state index in [0.29, 0.717) is 12.8 Å². The maximum atomic E-state index is 13.2. The van der Waals surface area contributed by atoms with Crippen LogP contribution in [0.5, 0.6) is 0 Å². The van der Waals surface area contributed by atoms with Gasteiger partial charge in [-0.25, -0.2) is 0 Å². The maximum absolute atomic E-state index is 13.2. The molecule has 0 spiro atoms. The minimum atomic E-state index is -1.97. The molecule has 0 aromatic carbocycles. The van der Waals surface area contributed by atoms with Crippen molar-refractivity contribution in [2.45, 2.75) is 349 Å². The number of carbonyl (C=O) groups excluding carboxylic acids is 1. The Hall–Kier alpha value is -1.21. The Balaban J connectivity index is 1.31. The zero-order valence-electron chi connectivity index (χ0n) is 48.9. The second kappa shape index (κ2) is 44.3. The minimum Gasteiger partial charge on any atom is -0.394 e. The fraction of sp³-hybridized carbons (Fsp3) is 0.983. The second-order valence-electron chi connectivity index (χ2n) is 23.2. The summed E-state index contributed by atoms with van der Waals surface area (Å²) >= 11 is 0. The Labute approximate surface area is 474 Å². The molecule has 1 amide bonds. The van der Waals surface area contributed by atoms with Crippen molar-refractivity contribution in [3.63, 3.8) is 0 Å². The molecule has 17 atom stereocenters. The van der Waals surface area contributed by atoms with E-state index in [9.17, 15) is 61.0 Å². The molecule has 0 radical (unpaired) electrons. The van der Waals surface area contributed by atoms with Gasteiger partial charge >= 0.3 is 0 Å². The molecule has 12 N–H and O–H groups in total. The van der Waals surface area contributed by atoms with Crippen molar-refractivity contribution < 1.29 is 89.4 Å². The lowest BCUT2D eigenvalue weighted by atomic mass is 9.96. The van der Waals surface area contributed by atoms with Gasteiger partial charge in [-0.3, -0.25) is 4.79 Å². The summed E-state index contributed by atoms with van der Waals surface area (Å²) in [6, 6.07) is -0.877. The number of hydrogen-bond acceptors (Lipinski definition) is 18. The zero-order valence-corrected chi connectivity index (χ0v) is 48.9. The predicted molar refractivity (Wildman–Crippen MR) is 300 cm³/mol. The third-order valence-electron chi connectivity index (χ3n) is 16.4. The largest absolute Gasteiger partial charge is 0.394 e. The number of aliphatic hydroxyl groups is 11. The lowest BCUT2D eigenvalue weighted by Crippen LogP contribution is -2.66. The van der Waals surface area contributed by atoms with Crippen molar-refractivity contribution in [2.75, 3.05) is 26.4 Å². The molecule has 79 heavy (non-hydrogen) atoms. The minimum absolute atomic E-state index is 0.245. The summed E-state index contributed by atoms with van der Waals surface area (Å²) in [5.41, 5.74) is 0. The Morgan fingerprint density at radius 1 is 0.405 bits per heavy atom. The van der Waals surface area contributed by atoms with Crippen LogP contribution in [0.15, 0.2) is 0 Å². The molecule has 0 aromatic rings. The molecule has 3 aliphatic rings. The summed E-state index contributed by atoms with van der Waals surface area (Å²) in [7, 11) is 0. The van der Waals surface area contributed by atoms with Crippen LogP contribution in [0.25, 0.3) is 0 Å². The fourth-order valence-corrected chi connectivity index (χ4v) is 11.2. The van der Waals surface area contributed by atoms with E-state index >= 15 is 0 Å². The number of unbranched alkanes of at least 4 members (excludes halogenated alkanes) is 32. The van der Waals surface area contributed by atoms with Gasteiger partial charge in [0.25, 0.3) is 0 Å². The zero-order chi connectivity index (χ0) is 57.6. The summed E-state index contributed by atoms with van der Waals surface area (Å²) in [6.07, 6.45) is 17.2. The molecular weight excluding hydrogens is 1020 g/mol. The van der Waals surface area contributed by atoms with Gasteiger partial charge in [-0.05, 0) is 12.8 Å². The molecule has 19 heteroatoms.